The molecule has 3 aromatic carbocycles. The van der Waals surface area contributed by atoms with Gasteiger partial charge in [-0.05, 0) is 75.6 Å². The van der Waals surface area contributed by atoms with Gasteiger partial charge < -0.3 is 10.1 Å². The average molecular weight is 486 g/mol. The Balaban J connectivity index is 1.71. The van der Waals surface area contributed by atoms with Crippen LogP contribution >= 0.6 is 27.5 Å². The van der Waals surface area contributed by atoms with Crippen LogP contribution in [0, 0.1) is 17.1 Å². The first-order chi connectivity index (χ1) is 14.4. The maximum Gasteiger partial charge on any atom is 0.266 e. The highest BCUT2D eigenvalue weighted by Gasteiger charge is 2.11. The quantitative estimate of drug-likeness (QED) is 0.326. The molecule has 0 aliphatic rings. The van der Waals surface area contributed by atoms with E-state index in [0.717, 1.165) is 0 Å². The van der Waals surface area contributed by atoms with Gasteiger partial charge in [-0.25, -0.2) is 4.39 Å². The fraction of sp³-hybridized carbons (Fsp3) is 0.0435. The van der Waals surface area contributed by atoms with Gasteiger partial charge in [0.2, 0.25) is 0 Å². The van der Waals surface area contributed by atoms with Gasteiger partial charge in [0, 0.05) is 10.7 Å². The largest absolute Gasteiger partial charge is 0.488 e. The summed E-state index contributed by atoms with van der Waals surface area (Å²) >= 11 is 9.33. The third kappa shape index (κ3) is 5.93. The number of carbonyl (C=O) groups excluding carboxylic acids is 1. The fourth-order valence-corrected chi connectivity index (χ4v) is 3.29. The molecule has 0 fully saturated rings. The van der Waals surface area contributed by atoms with Crippen molar-refractivity contribution in [3.63, 3.8) is 0 Å². The lowest BCUT2D eigenvalue weighted by atomic mass is 10.1. The summed E-state index contributed by atoms with van der Waals surface area (Å²) in [6.45, 7) is 0.205. The Kier molecular flexibility index (Phi) is 7.23. The maximum atomic E-state index is 13.3. The summed E-state index contributed by atoms with van der Waals surface area (Å²) in [5.74, 6) is -0.309. The molecule has 0 aliphatic heterocycles. The van der Waals surface area contributed by atoms with Gasteiger partial charge in [0.1, 0.15) is 29.8 Å². The zero-order chi connectivity index (χ0) is 21.5. The minimum absolute atomic E-state index is 0.0599. The molecule has 0 aromatic heterocycles. The van der Waals surface area contributed by atoms with Crippen molar-refractivity contribution in [3.05, 3.63) is 98.7 Å². The molecule has 1 N–H and O–H groups in total. The lowest BCUT2D eigenvalue weighted by molar-refractivity contribution is -0.112. The van der Waals surface area contributed by atoms with Crippen LogP contribution in [0.15, 0.2) is 76.8 Å². The molecule has 0 saturated heterocycles. The highest BCUT2D eigenvalue weighted by Crippen LogP contribution is 2.28. The highest BCUT2D eigenvalue weighted by atomic mass is 79.9. The van der Waals surface area contributed by atoms with E-state index in [9.17, 15) is 14.4 Å². The van der Waals surface area contributed by atoms with Crippen LogP contribution in [0.1, 0.15) is 11.1 Å². The van der Waals surface area contributed by atoms with Crippen molar-refractivity contribution in [3.8, 4) is 11.8 Å². The summed E-state index contributed by atoms with van der Waals surface area (Å²) in [6.07, 6.45) is 1.47. The zero-order valence-corrected chi connectivity index (χ0v) is 17.9. The Morgan fingerprint density at radius 3 is 2.67 bits per heavy atom. The van der Waals surface area contributed by atoms with E-state index in [1.165, 1.54) is 18.2 Å². The molecular weight excluding hydrogens is 471 g/mol. The maximum absolute atomic E-state index is 13.3. The number of rotatable bonds is 6. The second-order valence-electron chi connectivity index (χ2n) is 6.24. The molecule has 0 aliphatic carbocycles. The molecule has 3 aromatic rings. The van der Waals surface area contributed by atoms with E-state index in [4.69, 9.17) is 16.3 Å². The minimum atomic E-state index is -0.540. The summed E-state index contributed by atoms with van der Waals surface area (Å²) in [7, 11) is 0. The topological polar surface area (TPSA) is 62.1 Å². The van der Waals surface area contributed by atoms with Crippen molar-refractivity contribution < 1.29 is 13.9 Å². The second-order valence-corrected chi connectivity index (χ2v) is 7.53. The van der Waals surface area contributed by atoms with E-state index in [1.807, 2.05) is 6.07 Å². The standard InChI is InChI=1S/C23H15BrClFN2O2/c24-21-11-15(7-8-22(21)30-14-16-3-1-5-19(26)10-16)9-17(13-27)23(29)28-20-6-2-4-18(25)12-20/h1-12H,14H2,(H,28,29)/b17-9+. The number of anilines is 1. The average Bonchev–Trinajstić information content (AvgIpc) is 2.71. The van der Waals surface area contributed by atoms with E-state index in [1.54, 1.807) is 54.6 Å². The number of hydrogen-bond donors (Lipinski definition) is 1. The van der Waals surface area contributed by atoms with Gasteiger partial charge in [-0.1, -0.05) is 35.9 Å². The number of carbonyl (C=O) groups is 1. The molecule has 0 saturated carbocycles. The van der Waals surface area contributed by atoms with Crippen molar-refractivity contribution in [1.82, 2.24) is 0 Å². The van der Waals surface area contributed by atoms with E-state index in [2.05, 4.69) is 21.2 Å². The lowest BCUT2D eigenvalue weighted by Crippen LogP contribution is -2.13. The molecule has 0 heterocycles. The molecule has 4 nitrogen and oxygen atoms in total. The van der Waals surface area contributed by atoms with Crippen LogP contribution in [0.4, 0.5) is 10.1 Å². The number of hydrogen-bond acceptors (Lipinski definition) is 3. The molecule has 0 spiro atoms. The number of nitriles is 1. The number of ether oxygens (including phenoxy) is 1. The first kappa shape index (κ1) is 21.6. The first-order valence-corrected chi connectivity index (χ1v) is 9.97. The Morgan fingerprint density at radius 1 is 1.17 bits per heavy atom. The van der Waals surface area contributed by atoms with Gasteiger partial charge in [-0.15, -0.1) is 0 Å². The Hall–Kier alpha value is -3.14. The van der Waals surface area contributed by atoms with Gasteiger partial charge in [0.15, 0.2) is 0 Å². The predicted octanol–water partition coefficient (Wildman–Crippen LogP) is 6.37. The Morgan fingerprint density at radius 2 is 1.97 bits per heavy atom. The number of amides is 1. The van der Waals surface area contributed by atoms with Crippen LogP contribution in [0.25, 0.3) is 6.08 Å². The molecule has 0 bridgehead atoms. The van der Waals surface area contributed by atoms with Crippen LogP contribution in [-0.4, -0.2) is 5.91 Å². The molecule has 1 amide bonds. The molecule has 3 rings (SSSR count). The van der Waals surface area contributed by atoms with Gasteiger partial charge in [0.05, 0.1) is 4.47 Å². The smallest absolute Gasteiger partial charge is 0.266 e. The summed E-state index contributed by atoms with van der Waals surface area (Å²) in [5.41, 5.74) is 1.78. The van der Waals surface area contributed by atoms with Crippen LogP contribution in [0.3, 0.4) is 0 Å². The van der Waals surface area contributed by atoms with Gasteiger partial charge >= 0.3 is 0 Å². The van der Waals surface area contributed by atoms with Crippen molar-refractivity contribution in [1.29, 1.82) is 5.26 Å². The van der Waals surface area contributed by atoms with E-state index in [0.29, 0.717) is 32.1 Å². The van der Waals surface area contributed by atoms with Crippen molar-refractivity contribution >= 4 is 45.2 Å². The van der Waals surface area contributed by atoms with Gasteiger partial charge in [0.25, 0.3) is 5.91 Å². The molecule has 150 valence electrons. The van der Waals surface area contributed by atoms with Gasteiger partial charge in [-0.2, -0.15) is 5.26 Å². The molecule has 30 heavy (non-hydrogen) atoms. The number of nitrogens with zero attached hydrogens (tertiary/aromatic N) is 1. The van der Waals surface area contributed by atoms with Crippen LogP contribution < -0.4 is 10.1 Å². The molecule has 0 unspecified atom stereocenters. The normalized spacial score (nSPS) is 10.9. The number of halogens is 3. The molecular formula is C23H15BrClFN2O2. The molecule has 0 atom stereocenters. The van der Waals surface area contributed by atoms with Crippen molar-refractivity contribution in [2.45, 2.75) is 6.61 Å². The fourth-order valence-electron chi connectivity index (χ4n) is 2.59. The number of benzene rings is 3. The first-order valence-electron chi connectivity index (χ1n) is 8.80. The monoisotopic (exact) mass is 484 g/mol. The zero-order valence-electron chi connectivity index (χ0n) is 15.5. The summed E-state index contributed by atoms with van der Waals surface area (Å²) in [6, 6.07) is 19.9. The summed E-state index contributed by atoms with van der Waals surface area (Å²) < 4.78 is 19.6. The van der Waals surface area contributed by atoms with Crippen molar-refractivity contribution in [2.75, 3.05) is 5.32 Å². The van der Waals surface area contributed by atoms with Gasteiger partial charge in [-0.3, -0.25) is 4.79 Å². The van der Waals surface area contributed by atoms with Crippen LogP contribution in [0.5, 0.6) is 5.75 Å². The van der Waals surface area contributed by atoms with E-state index in [-0.39, 0.29) is 18.0 Å². The second kappa shape index (κ2) is 10.1. The Labute approximate surface area is 186 Å². The third-order valence-corrected chi connectivity index (χ3v) is 4.85. The van der Waals surface area contributed by atoms with Crippen LogP contribution in [0.2, 0.25) is 5.02 Å². The third-order valence-electron chi connectivity index (χ3n) is 4.00. The predicted molar refractivity (Wildman–Crippen MR) is 119 cm³/mol. The van der Waals surface area contributed by atoms with E-state index < -0.39 is 5.91 Å². The molecule has 7 heteroatoms. The van der Waals surface area contributed by atoms with Crippen molar-refractivity contribution in [2.24, 2.45) is 0 Å². The lowest BCUT2D eigenvalue weighted by Gasteiger charge is -2.09. The number of nitrogens with one attached hydrogen (secondary N) is 1. The minimum Gasteiger partial charge on any atom is -0.488 e. The SMILES string of the molecule is N#C/C(=C\c1ccc(OCc2cccc(F)c2)c(Br)c1)C(=O)Nc1cccc(Cl)c1. The van der Waals surface area contributed by atoms with Crippen LogP contribution in [-0.2, 0) is 11.4 Å². The highest BCUT2D eigenvalue weighted by molar-refractivity contribution is 9.10. The van der Waals surface area contributed by atoms with E-state index >= 15 is 0 Å². The molecule has 0 radical (unpaired) electrons. The Bertz CT molecular complexity index is 1160. The summed E-state index contributed by atoms with van der Waals surface area (Å²) in [4.78, 5) is 12.4. The summed E-state index contributed by atoms with van der Waals surface area (Å²) in [5, 5.41) is 12.5.